The lowest BCUT2D eigenvalue weighted by atomic mass is 9.60. The normalized spacial score (nSPS) is 25.5. The molecule has 1 spiro atoms. The van der Waals surface area contributed by atoms with E-state index in [0.29, 0.717) is 11.5 Å². The molecule has 1 aliphatic carbocycles. The lowest BCUT2D eigenvalue weighted by Crippen LogP contribution is -2.68. The molecule has 182 valence electrons. The summed E-state index contributed by atoms with van der Waals surface area (Å²) < 4.78 is 11.7. The van der Waals surface area contributed by atoms with Crippen LogP contribution in [0.5, 0.6) is 0 Å². The van der Waals surface area contributed by atoms with Crippen molar-refractivity contribution in [1.82, 2.24) is 15.1 Å². The van der Waals surface area contributed by atoms with Crippen LogP contribution in [-0.4, -0.2) is 70.6 Å². The van der Waals surface area contributed by atoms with Crippen molar-refractivity contribution in [1.29, 1.82) is 0 Å². The zero-order valence-electron chi connectivity index (χ0n) is 20.4. The lowest BCUT2D eigenvalue weighted by Gasteiger charge is -2.59. The summed E-state index contributed by atoms with van der Waals surface area (Å²) in [5, 5.41) is 3.33. The largest absolute Gasteiger partial charge is 0.367 e. The van der Waals surface area contributed by atoms with Gasteiger partial charge in [-0.1, -0.05) is 30.3 Å². The van der Waals surface area contributed by atoms with Crippen molar-refractivity contribution in [2.75, 3.05) is 37.3 Å². The van der Waals surface area contributed by atoms with Crippen molar-refractivity contribution in [3.05, 3.63) is 60.2 Å². The molecule has 2 aromatic carbocycles. The molecule has 3 atom stereocenters. The van der Waals surface area contributed by atoms with E-state index in [1.807, 2.05) is 29.2 Å². The van der Waals surface area contributed by atoms with Gasteiger partial charge in [0.2, 0.25) is 0 Å². The second-order valence-corrected chi connectivity index (χ2v) is 12.0. The summed E-state index contributed by atoms with van der Waals surface area (Å²) in [6.45, 7) is 9.18. The molecule has 3 fully saturated rings. The molecule has 0 aromatic heterocycles. The molecular weight excluding hydrogens is 444 g/mol. The molecule has 2 aliphatic heterocycles. The maximum absolute atomic E-state index is 13.2. The first-order valence-corrected chi connectivity index (χ1v) is 13.9. The molecule has 2 heterocycles. The summed E-state index contributed by atoms with van der Waals surface area (Å²) in [6, 6.07) is 19.3. The average Bonchev–Trinajstić information content (AvgIpc) is 2.76. The number of rotatable bonds is 5. The van der Waals surface area contributed by atoms with E-state index in [-0.39, 0.29) is 18.1 Å². The third-order valence-corrected chi connectivity index (χ3v) is 8.68. The highest BCUT2D eigenvalue weighted by atomic mass is 32.2. The molecule has 2 aromatic rings. The number of nitrogens with zero attached hydrogens (tertiary/aromatic N) is 3. The van der Waals surface area contributed by atoms with Gasteiger partial charge in [0.05, 0.1) is 0 Å². The summed E-state index contributed by atoms with van der Waals surface area (Å²) in [6.07, 6.45) is 3.89. The highest BCUT2D eigenvalue weighted by Gasteiger charge is 2.52. The fraction of sp³-hybridized carbons (Fsp3) is 0.519. The first kappa shape index (κ1) is 23.4. The lowest BCUT2D eigenvalue weighted by molar-refractivity contribution is -0.0812. The van der Waals surface area contributed by atoms with Gasteiger partial charge in [-0.25, -0.2) is 4.79 Å². The van der Waals surface area contributed by atoms with Crippen molar-refractivity contribution < 1.29 is 9.00 Å². The maximum atomic E-state index is 13.2. The van der Waals surface area contributed by atoms with Crippen molar-refractivity contribution >= 4 is 22.5 Å². The minimum atomic E-state index is -0.966. The van der Waals surface area contributed by atoms with Crippen LogP contribution in [0.3, 0.4) is 0 Å². The van der Waals surface area contributed by atoms with Crippen molar-refractivity contribution in [2.24, 2.45) is 5.41 Å². The highest BCUT2D eigenvalue weighted by molar-refractivity contribution is 7.84. The first-order valence-electron chi connectivity index (χ1n) is 12.4. The molecule has 1 unspecified atom stereocenters. The third-order valence-electron chi connectivity index (χ3n) is 7.74. The molecule has 34 heavy (non-hydrogen) atoms. The Hall–Kier alpha value is -2.38. The van der Waals surface area contributed by atoms with E-state index in [9.17, 15) is 9.00 Å². The molecule has 5 rings (SSSR count). The number of carbonyl (C=O) groups is 1. The predicted octanol–water partition coefficient (Wildman–Crippen LogP) is 3.70. The summed E-state index contributed by atoms with van der Waals surface area (Å²) in [5.74, 6) is 0. The maximum Gasteiger partial charge on any atom is 0.318 e. The van der Waals surface area contributed by atoms with E-state index in [1.165, 1.54) is 5.56 Å². The Balaban J connectivity index is 1.09. The van der Waals surface area contributed by atoms with E-state index < -0.39 is 10.8 Å². The monoisotopic (exact) mass is 480 g/mol. The van der Waals surface area contributed by atoms with Crippen LogP contribution < -0.4 is 10.2 Å². The Labute approximate surface area is 205 Å². The van der Waals surface area contributed by atoms with E-state index in [2.05, 4.69) is 59.3 Å². The first-order chi connectivity index (χ1) is 16.3. The van der Waals surface area contributed by atoms with E-state index in [0.717, 1.165) is 56.1 Å². The van der Waals surface area contributed by atoms with Gasteiger partial charge >= 0.3 is 6.03 Å². The van der Waals surface area contributed by atoms with Crippen molar-refractivity contribution in [2.45, 2.75) is 56.3 Å². The number of nitrogens with one attached hydrogen (secondary N) is 1. The number of piperazine rings is 1. The fourth-order valence-electron chi connectivity index (χ4n) is 6.23. The topological polar surface area (TPSA) is 55.9 Å². The third kappa shape index (κ3) is 4.73. The highest BCUT2D eigenvalue weighted by Crippen LogP contribution is 2.48. The minimum absolute atomic E-state index is 0.0803. The van der Waals surface area contributed by atoms with Gasteiger partial charge in [-0.3, -0.25) is 9.11 Å². The van der Waals surface area contributed by atoms with Gasteiger partial charge in [0, 0.05) is 78.5 Å². The van der Waals surface area contributed by atoms with Crippen LogP contribution >= 0.6 is 0 Å². The average molecular weight is 481 g/mol. The van der Waals surface area contributed by atoms with Crippen LogP contribution in [0.15, 0.2) is 59.5 Å². The van der Waals surface area contributed by atoms with E-state index in [1.54, 1.807) is 6.26 Å². The Kier molecular flexibility index (Phi) is 6.42. The van der Waals surface area contributed by atoms with Crippen LogP contribution in [0, 0.1) is 5.41 Å². The van der Waals surface area contributed by atoms with Gasteiger partial charge in [0.25, 0.3) is 0 Å². The molecule has 1 saturated carbocycles. The van der Waals surface area contributed by atoms with Crippen molar-refractivity contribution in [3.8, 4) is 0 Å². The number of carbonyl (C=O) groups excluding carboxylic acids is 1. The molecular formula is C27H36N4O2S. The summed E-state index contributed by atoms with van der Waals surface area (Å²) in [5.41, 5.74) is 2.91. The van der Waals surface area contributed by atoms with Gasteiger partial charge in [0.15, 0.2) is 0 Å². The fourth-order valence-corrected chi connectivity index (χ4v) is 6.75. The Morgan fingerprint density at radius 2 is 1.62 bits per heavy atom. The van der Waals surface area contributed by atoms with E-state index in [4.69, 9.17) is 0 Å². The molecule has 2 amide bonds. The van der Waals surface area contributed by atoms with Gasteiger partial charge < -0.3 is 15.1 Å². The van der Waals surface area contributed by atoms with Crippen LogP contribution in [0.2, 0.25) is 0 Å². The Bertz CT molecular complexity index is 1020. The number of hydrogen-bond acceptors (Lipinski definition) is 4. The minimum Gasteiger partial charge on any atom is -0.367 e. The van der Waals surface area contributed by atoms with Gasteiger partial charge in [0.1, 0.15) is 0 Å². The number of amides is 2. The molecule has 0 bridgehead atoms. The zero-order valence-corrected chi connectivity index (χ0v) is 21.3. The second-order valence-electron chi connectivity index (χ2n) is 10.6. The van der Waals surface area contributed by atoms with Gasteiger partial charge in [-0.05, 0) is 61.9 Å². The molecule has 3 aliphatic rings. The van der Waals surface area contributed by atoms with Crippen LogP contribution in [0.4, 0.5) is 10.5 Å². The molecule has 1 N–H and O–H groups in total. The zero-order chi connectivity index (χ0) is 23.9. The molecule has 7 heteroatoms. The Morgan fingerprint density at radius 1 is 1.00 bits per heavy atom. The van der Waals surface area contributed by atoms with E-state index >= 15 is 0 Å². The second kappa shape index (κ2) is 9.34. The number of hydrogen-bond donors (Lipinski definition) is 1. The quantitative estimate of drug-likeness (QED) is 0.709. The van der Waals surface area contributed by atoms with Crippen molar-refractivity contribution in [3.63, 3.8) is 0 Å². The van der Waals surface area contributed by atoms with Gasteiger partial charge in [-0.2, -0.15) is 0 Å². The predicted molar refractivity (Wildman–Crippen MR) is 137 cm³/mol. The molecule has 0 radical (unpaired) electrons. The summed E-state index contributed by atoms with van der Waals surface area (Å²) in [4.78, 5) is 20.9. The smallest absolute Gasteiger partial charge is 0.318 e. The molecule has 6 nitrogen and oxygen atoms in total. The SMILES string of the molecule is C[C@@H]1CN(c2ccc(S(C)=O)cc2)C[C@H](C)N1C(=O)NC1CC2(C1)CN(Cc1ccccc1)C2. The number of urea groups is 1. The van der Waals surface area contributed by atoms with Crippen LogP contribution in [-0.2, 0) is 17.3 Å². The number of benzene rings is 2. The Morgan fingerprint density at radius 3 is 2.21 bits per heavy atom. The van der Waals surface area contributed by atoms with Crippen LogP contribution in [0.25, 0.3) is 0 Å². The standard InChI is InChI=1S/C27H36N4O2S/c1-20-15-30(24-9-11-25(12-10-24)34(3)33)16-21(2)31(20)26(32)28-23-13-27(14-23)18-29(19-27)17-22-7-5-4-6-8-22/h4-12,20-21,23H,13-19H2,1-3H3,(H,28,32)/t20-,21+,34?. The number of anilines is 1. The molecule has 2 saturated heterocycles. The number of likely N-dealkylation sites (tertiary alicyclic amines) is 1. The van der Waals surface area contributed by atoms with Crippen LogP contribution in [0.1, 0.15) is 32.3 Å². The van der Waals surface area contributed by atoms with Gasteiger partial charge in [-0.15, -0.1) is 0 Å². The summed E-state index contributed by atoms with van der Waals surface area (Å²) in [7, 11) is -0.966. The summed E-state index contributed by atoms with van der Waals surface area (Å²) >= 11 is 0.